The maximum Gasteiger partial charge on any atom is 0.261 e. The number of rotatable bonds is 4. The van der Waals surface area contributed by atoms with Crippen LogP contribution in [0.5, 0.6) is 0 Å². The van der Waals surface area contributed by atoms with Gasteiger partial charge in [0.05, 0.1) is 10.9 Å². The molecule has 4 nitrogen and oxygen atoms in total. The summed E-state index contributed by atoms with van der Waals surface area (Å²) in [6, 6.07) is 14.5. The molecule has 2 aliphatic rings. The van der Waals surface area contributed by atoms with Gasteiger partial charge < -0.3 is 4.90 Å². The number of hydrogen-bond acceptors (Lipinski definition) is 3. The van der Waals surface area contributed by atoms with Crippen molar-refractivity contribution in [3.05, 3.63) is 63.7 Å². The molecule has 0 bridgehead atoms. The minimum atomic E-state index is 0.0779. The van der Waals surface area contributed by atoms with Crippen LogP contribution in [-0.4, -0.2) is 33.6 Å². The highest BCUT2D eigenvalue weighted by atomic mass is 35.5. The smallest absolute Gasteiger partial charge is 0.261 e. The van der Waals surface area contributed by atoms with Crippen LogP contribution in [0.15, 0.2) is 47.3 Å². The van der Waals surface area contributed by atoms with Gasteiger partial charge in [0.1, 0.15) is 5.82 Å². The molecule has 30 heavy (non-hydrogen) atoms. The predicted molar refractivity (Wildman–Crippen MR) is 123 cm³/mol. The van der Waals surface area contributed by atoms with E-state index in [9.17, 15) is 4.79 Å². The monoisotopic (exact) mass is 421 g/mol. The first-order valence-corrected chi connectivity index (χ1v) is 11.5. The van der Waals surface area contributed by atoms with Gasteiger partial charge in [-0.25, -0.2) is 4.98 Å². The van der Waals surface area contributed by atoms with Gasteiger partial charge >= 0.3 is 0 Å². The summed E-state index contributed by atoms with van der Waals surface area (Å²) in [5, 5.41) is 1.40. The van der Waals surface area contributed by atoms with Crippen LogP contribution in [0.25, 0.3) is 22.0 Å². The normalized spacial score (nSPS) is 20.4. The Kier molecular flexibility index (Phi) is 5.38. The van der Waals surface area contributed by atoms with E-state index < -0.39 is 0 Å². The van der Waals surface area contributed by atoms with E-state index in [-0.39, 0.29) is 5.56 Å². The minimum absolute atomic E-state index is 0.0779. The second-order valence-electron chi connectivity index (χ2n) is 8.90. The SMILES string of the molecule is Cc1nc2ccc(-c3ccc(Cl)cc3)cc2c(=O)n1C[C@H]1CCCN(C2CCC2)C1. The lowest BCUT2D eigenvalue weighted by Gasteiger charge is -2.42. The van der Waals surface area contributed by atoms with Crippen LogP contribution < -0.4 is 5.56 Å². The van der Waals surface area contributed by atoms with E-state index in [2.05, 4.69) is 4.90 Å². The molecule has 3 aromatic rings. The first kappa shape index (κ1) is 19.8. The van der Waals surface area contributed by atoms with Crippen molar-refractivity contribution in [1.29, 1.82) is 0 Å². The second-order valence-corrected chi connectivity index (χ2v) is 9.34. The standard InChI is InChI=1S/C25H28ClN3O/c1-17-27-24-12-9-20(19-7-10-21(26)11-8-19)14-23(24)25(30)29(17)16-18-4-3-13-28(15-18)22-5-2-6-22/h7-12,14,18,22H,2-6,13,15-16H2,1H3/t18-/m0/s1. The quantitative estimate of drug-likeness (QED) is 0.574. The topological polar surface area (TPSA) is 38.1 Å². The van der Waals surface area contributed by atoms with Crippen molar-refractivity contribution in [3.63, 3.8) is 0 Å². The number of aromatic nitrogens is 2. The Morgan fingerprint density at radius 3 is 2.53 bits per heavy atom. The maximum atomic E-state index is 13.4. The van der Waals surface area contributed by atoms with E-state index in [1.54, 1.807) is 0 Å². The van der Waals surface area contributed by atoms with Crippen molar-refractivity contribution in [1.82, 2.24) is 14.5 Å². The molecule has 1 aliphatic heterocycles. The van der Waals surface area contributed by atoms with Gasteiger partial charge in [0.25, 0.3) is 5.56 Å². The lowest BCUT2D eigenvalue weighted by molar-refractivity contribution is 0.0713. The number of hydrogen-bond donors (Lipinski definition) is 0. The largest absolute Gasteiger partial charge is 0.300 e. The summed E-state index contributed by atoms with van der Waals surface area (Å²) in [4.78, 5) is 20.9. The molecule has 2 fully saturated rings. The molecule has 0 N–H and O–H groups in total. The fourth-order valence-corrected chi connectivity index (χ4v) is 5.08. The number of fused-ring (bicyclic) bond motifs is 1. The third-order valence-electron chi connectivity index (χ3n) is 6.90. The van der Waals surface area contributed by atoms with Crippen LogP contribution in [0.1, 0.15) is 37.9 Å². The zero-order valence-electron chi connectivity index (χ0n) is 17.5. The molecule has 1 saturated heterocycles. The Labute approximate surface area is 182 Å². The van der Waals surface area contributed by atoms with Crippen molar-refractivity contribution < 1.29 is 0 Å². The Morgan fingerprint density at radius 1 is 1.03 bits per heavy atom. The summed E-state index contributed by atoms with van der Waals surface area (Å²) in [5.41, 5.74) is 2.92. The number of benzene rings is 2. The van der Waals surface area contributed by atoms with Crippen molar-refractivity contribution in [2.45, 2.75) is 51.6 Å². The summed E-state index contributed by atoms with van der Waals surface area (Å²) in [5.74, 6) is 1.34. The van der Waals surface area contributed by atoms with Gasteiger partial charge in [0.2, 0.25) is 0 Å². The minimum Gasteiger partial charge on any atom is -0.300 e. The van der Waals surface area contributed by atoms with E-state index in [0.717, 1.165) is 41.6 Å². The lowest BCUT2D eigenvalue weighted by atomic mass is 9.88. The molecule has 156 valence electrons. The van der Waals surface area contributed by atoms with E-state index in [4.69, 9.17) is 16.6 Å². The molecule has 0 spiro atoms. The van der Waals surface area contributed by atoms with Crippen LogP contribution >= 0.6 is 11.6 Å². The summed E-state index contributed by atoms with van der Waals surface area (Å²) in [7, 11) is 0. The number of nitrogens with zero attached hydrogens (tertiary/aromatic N) is 3. The van der Waals surface area contributed by atoms with Gasteiger partial charge in [-0.05, 0) is 80.5 Å². The van der Waals surface area contributed by atoms with Gasteiger partial charge in [-0.2, -0.15) is 0 Å². The van der Waals surface area contributed by atoms with Gasteiger partial charge in [-0.1, -0.05) is 36.2 Å². The van der Waals surface area contributed by atoms with Crippen LogP contribution in [0.3, 0.4) is 0 Å². The molecule has 5 heteroatoms. The van der Waals surface area contributed by atoms with Gasteiger partial charge in [0, 0.05) is 24.2 Å². The molecule has 1 atom stereocenters. The highest BCUT2D eigenvalue weighted by molar-refractivity contribution is 6.30. The van der Waals surface area contributed by atoms with Crippen molar-refractivity contribution >= 4 is 22.5 Å². The third-order valence-corrected chi connectivity index (χ3v) is 7.16. The Hall–Kier alpha value is -2.17. The molecular formula is C25H28ClN3O. The molecule has 2 heterocycles. The Bertz CT molecular complexity index is 1120. The molecule has 1 aliphatic carbocycles. The van der Waals surface area contributed by atoms with Crippen LogP contribution in [0.4, 0.5) is 0 Å². The zero-order chi connectivity index (χ0) is 20.7. The molecule has 0 radical (unpaired) electrons. The molecule has 5 rings (SSSR count). The van der Waals surface area contributed by atoms with Crippen molar-refractivity contribution in [2.75, 3.05) is 13.1 Å². The molecule has 1 aromatic heterocycles. The van der Waals surface area contributed by atoms with Crippen molar-refractivity contribution in [2.24, 2.45) is 5.92 Å². The maximum absolute atomic E-state index is 13.4. The Balaban J connectivity index is 1.45. The number of aryl methyl sites for hydroxylation is 1. The van der Waals surface area contributed by atoms with Crippen LogP contribution in [-0.2, 0) is 6.54 Å². The zero-order valence-corrected chi connectivity index (χ0v) is 18.2. The molecular weight excluding hydrogens is 394 g/mol. The highest BCUT2D eigenvalue weighted by Gasteiger charge is 2.30. The Morgan fingerprint density at radius 2 is 1.80 bits per heavy atom. The van der Waals surface area contributed by atoms with E-state index in [1.165, 1.54) is 38.6 Å². The molecule has 0 unspecified atom stereocenters. The van der Waals surface area contributed by atoms with Gasteiger partial charge in [-0.3, -0.25) is 9.36 Å². The fourth-order valence-electron chi connectivity index (χ4n) is 4.96. The van der Waals surface area contributed by atoms with E-state index in [0.29, 0.717) is 16.3 Å². The highest BCUT2D eigenvalue weighted by Crippen LogP contribution is 2.30. The predicted octanol–water partition coefficient (Wildman–Crippen LogP) is 5.29. The molecule has 2 aromatic carbocycles. The summed E-state index contributed by atoms with van der Waals surface area (Å²) < 4.78 is 1.91. The van der Waals surface area contributed by atoms with Crippen LogP contribution in [0, 0.1) is 12.8 Å². The van der Waals surface area contributed by atoms with E-state index in [1.807, 2.05) is 54.0 Å². The fraction of sp³-hybridized carbons (Fsp3) is 0.440. The van der Waals surface area contributed by atoms with Gasteiger partial charge in [-0.15, -0.1) is 0 Å². The molecule has 0 amide bonds. The lowest BCUT2D eigenvalue weighted by Crippen LogP contribution is -2.47. The first-order valence-electron chi connectivity index (χ1n) is 11.1. The summed E-state index contributed by atoms with van der Waals surface area (Å²) >= 11 is 6.03. The second kappa shape index (κ2) is 8.16. The average Bonchev–Trinajstić information content (AvgIpc) is 2.71. The molecule has 1 saturated carbocycles. The van der Waals surface area contributed by atoms with Gasteiger partial charge in [0.15, 0.2) is 0 Å². The number of piperidine rings is 1. The average molecular weight is 422 g/mol. The van der Waals surface area contributed by atoms with Crippen LogP contribution in [0.2, 0.25) is 5.02 Å². The number of halogens is 1. The van der Waals surface area contributed by atoms with Crippen molar-refractivity contribution in [3.8, 4) is 11.1 Å². The summed E-state index contributed by atoms with van der Waals surface area (Å²) in [6.45, 7) is 5.05. The number of likely N-dealkylation sites (tertiary alicyclic amines) is 1. The third kappa shape index (κ3) is 3.79. The first-order chi connectivity index (χ1) is 14.6. The summed E-state index contributed by atoms with van der Waals surface area (Å²) in [6.07, 6.45) is 6.48. The van der Waals surface area contributed by atoms with E-state index >= 15 is 0 Å².